The highest BCUT2D eigenvalue weighted by Crippen LogP contribution is 2.28. The van der Waals surface area contributed by atoms with Gasteiger partial charge < -0.3 is 18.6 Å². The number of aryl methyl sites for hydroxylation is 3. The molecule has 7 nitrogen and oxygen atoms in total. The van der Waals surface area contributed by atoms with Crippen LogP contribution in [0.25, 0.3) is 11.0 Å². The second-order valence-electron chi connectivity index (χ2n) is 7.58. The summed E-state index contributed by atoms with van der Waals surface area (Å²) < 4.78 is 14.8. The molecule has 3 aromatic heterocycles. The molecule has 31 heavy (non-hydrogen) atoms. The first kappa shape index (κ1) is 20.7. The van der Waals surface area contributed by atoms with Crippen molar-refractivity contribution < 1.29 is 9.47 Å². The minimum absolute atomic E-state index is 0.486. The Bertz CT molecular complexity index is 1270. The summed E-state index contributed by atoms with van der Waals surface area (Å²) in [6, 6.07) is 9.94. The lowest BCUT2D eigenvalue weighted by molar-refractivity contribution is 0.354. The zero-order chi connectivity index (χ0) is 22.0. The van der Waals surface area contributed by atoms with Gasteiger partial charge in [0, 0.05) is 31.2 Å². The van der Waals surface area contributed by atoms with Crippen molar-refractivity contribution in [2.45, 2.75) is 33.4 Å². The van der Waals surface area contributed by atoms with Gasteiger partial charge in [-0.05, 0) is 61.2 Å². The predicted molar refractivity (Wildman–Crippen MR) is 120 cm³/mol. The molecule has 1 aromatic carbocycles. The Hall–Kier alpha value is -3.61. The van der Waals surface area contributed by atoms with Gasteiger partial charge in [-0.15, -0.1) is 0 Å². The number of nitrogens with zero attached hydrogens (tertiary/aromatic N) is 4. The van der Waals surface area contributed by atoms with Crippen LogP contribution in [-0.2, 0) is 19.5 Å². The molecule has 3 heterocycles. The molecule has 4 rings (SSSR count). The molecule has 0 fully saturated rings. The smallest absolute Gasteiger partial charge is 0.160 e. The first-order valence-corrected chi connectivity index (χ1v) is 10.2. The van der Waals surface area contributed by atoms with Crippen LogP contribution in [-0.4, -0.2) is 33.3 Å². The van der Waals surface area contributed by atoms with Gasteiger partial charge in [0.2, 0.25) is 0 Å². The summed E-state index contributed by atoms with van der Waals surface area (Å²) in [7, 11) is 3.27. The van der Waals surface area contributed by atoms with E-state index < -0.39 is 0 Å². The molecule has 0 unspecified atom stereocenters. The third kappa shape index (κ3) is 3.91. The number of benzene rings is 1. The maximum Gasteiger partial charge on any atom is 0.160 e. The van der Waals surface area contributed by atoms with Gasteiger partial charge >= 0.3 is 0 Å². The van der Waals surface area contributed by atoms with Crippen molar-refractivity contribution in [2.24, 2.45) is 0 Å². The summed E-state index contributed by atoms with van der Waals surface area (Å²) in [4.78, 5) is 8.83. The van der Waals surface area contributed by atoms with Gasteiger partial charge in [0.25, 0.3) is 0 Å². The van der Waals surface area contributed by atoms with Crippen LogP contribution in [0.2, 0.25) is 0 Å². The summed E-state index contributed by atoms with van der Waals surface area (Å²) in [6.07, 6.45) is 6.14. The van der Waals surface area contributed by atoms with Crippen LogP contribution in [0.1, 0.15) is 22.4 Å². The van der Waals surface area contributed by atoms with Crippen LogP contribution in [0.5, 0.6) is 11.5 Å². The molecule has 0 radical (unpaired) electrons. The second-order valence-corrected chi connectivity index (χ2v) is 7.58. The highest BCUT2D eigenvalue weighted by Gasteiger charge is 2.15. The number of pyridine rings is 1. The number of fused-ring (bicyclic) bond motifs is 1. The lowest BCUT2D eigenvalue weighted by Gasteiger charge is -2.11. The quantitative estimate of drug-likeness (QED) is 0.498. The predicted octanol–water partition coefficient (Wildman–Crippen LogP) is 3.64. The molecular weight excluding hydrogens is 390 g/mol. The first-order valence-electron chi connectivity index (χ1n) is 10.2. The van der Waals surface area contributed by atoms with Crippen molar-refractivity contribution >= 4 is 11.0 Å². The van der Waals surface area contributed by atoms with Crippen LogP contribution < -0.4 is 15.0 Å². The molecule has 1 N–H and O–H groups in total. The van der Waals surface area contributed by atoms with E-state index in [2.05, 4.69) is 23.4 Å². The Kier molecular flexibility index (Phi) is 5.75. The molecule has 0 aliphatic carbocycles. The van der Waals surface area contributed by atoms with Crippen molar-refractivity contribution in [3.63, 3.8) is 0 Å². The zero-order valence-electron chi connectivity index (χ0n) is 18.3. The minimum atomic E-state index is 0.486. The van der Waals surface area contributed by atoms with Crippen molar-refractivity contribution in [1.29, 1.82) is 5.41 Å². The highest BCUT2D eigenvalue weighted by molar-refractivity contribution is 5.80. The lowest BCUT2D eigenvalue weighted by Crippen LogP contribution is -2.22. The van der Waals surface area contributed by atoms with Crippen LogP contribution in [0.3, 0.4) is 0 Å². The summed E-state index contributed by atoms with van der Waals surface area (Å²) in [6.45, 7) is 5.52. The van der Waals surface area contributed by atoms with Gasteiger partial charge in [0.1, 0.15) is 11.1 Å². The summed E-state index contributed by atoms with van der Waals surface area (Å²) in [5.74, 6) is 1.43. The van der Waals surface area contributed by atoms with Gasteiger partial charge in [0.15, 0.2) is 11.5 Å². The van der Waals surface area contributed by atoms with E-state index in [1.165, 1.54) is 0 Å². The van der Waals surface area contributed by atoms with E-state index in [0.717, 1.165) is 39.8 Å². The Labute approximate surface area is 181 Å². The van der Waals surface area contributed by atoms with Crippen molar-refractivity contribution in [2.75, 3.05) is 14.2 Å². The summed E-state index contributed by atoms with van der Waals surface area (Å²) in [5, 5.41) is 9.74. The third-order valence-electron chi connectivity index (χ3n) is 5.82. The number of rotatable bonds is 7. The minimum Gasteiger partial charge on any atom is -0.493 e. The van der Waals surface area contributed by atoms with Crippen molar-refractivity contribution in [1.82, 2.24) is 19.1 Å². The third-order valence-corrected chi connectivity index (χ3v) is 5.82. The lowest BCUT2D eigenvalue weighted by atomic mass is 10.1. The Balaban J connectivity index is 1.64. The van der Waals surface area contributed by atoms with E-state index in [1.807, 2.05) is 34.9 Å². The Morgan fingerprint density at radius 2 is 1.71 bits per heavy atom. The van der Waals surface area contributed by atoms with Gasteiger partial charge in [0.05, 0.1) is 25.9 Å². The van der Waals surface area contributed by atoms with E-state index in [9.17, 15) is 0 Å². The fourth-order valence-corrected chi connectivity index (χ4v) is 3.91. The van der Waals surface area contributed by atoms with E-state index in [1.54, 1.807) is 32.9 Å². The SMILES string of the molecule is COc1ccc(CCn2cnc3c(c(C)c(C)n3Cc3ccncc3)c2=N)cc1OC. The van der Waals surface area contributed by atoms with Gasteiger partial charge in [-0.25, -0.2) is 4.98 Å². The number of methoxy groups -OCH3 is 2. The average molecular weight is 418 g/mol. The van der Waals surface area contributed by atoms with Crippen molar-refractivity contribution in [3.05, 3.63) is 76.9 Å². The number of ether oxygens (including phenoxy) is 2. The normalized spacial score (nSPS) is 11.1. The molecular formula is C24H27N5O2. The monoisotopic (exact) mass is 417 g/mol. The van der Waals surface area contributed by atoms with Gasteiger partial charge in [-0.1, -0.05) is 6.07 Å². The summed E-state index contributed by atoms with van der Waals surface area (Å²) >= 11 is 0. The van der Waals surface area contributed by atoms with Crippen LogP contribution in [0.15, 0.2) is 49.1 Å². The van der Waals surface area contributed by atoms with Crippen LogP contribution in [0.4, 0.5) is 0 Å². The van der Waals surface area contributed by atoms with E-state index in [-0.39, 0.29) is 0 Å². The largest absolute Gasteiger partial charge is 0.493 e. The molecule has 0 bridgehead atoms. The molecule has 0 saturated carbocycles. The Morgan fingerprint density at radius 3 is 2.42 bits per heavy atom. The number of hydrogen-bond acceptors (Lipinski definition) is 5. The molecule has 0 aliphatic heterocycles. The summed E-state index contributed by atoms with van der Waals surface area (Å²) in [5.41, 5.74) is 5.84. The maximum absolute atomic E-state index is 8.83. The van der Waals surface area contributed by atoms with E-state index in [4.69, 9.17) is 19.9 Å². The number of aromatic nitrogens is 4. The highest BCUT2D eigenvalue weighted by atomic mass is 16.5. The standard InChI is InChI=1S/C24H27N5O2/c1-16-17(2)29(14-19-7-10-26-11-8-19)24-22(16)23(25)28(15-27-24)12-9-18-5-6-20(30-3)21(13-18)31-4/h5-8,10-11,13,15,25H,9,12,14H2,1-4H3. The van der Waals surface area contributed by atoms with Crippen LogP contribution >= 0.6 is 0 Å². The zero-order valence-corrected chi connectivity index (χ0v) is 18.3. The average Bonchev–Trinajstić information content (AvgIpc) is 3.04. The second kappa shape index (κ2) is 8.63. The topological polar surface area (TPSA) is 78.0 Å². The van der Waals surface area contributed by atoms with E-state index >= 15 is 0 Å². The van der Waals surface area contributed by atoms with Crippen molar-refractivity contribution in [3.8, 4) is 11.5 Å². The molecule has 0 spiro atoms. The molecule has 7 heteroatoms. The number of nitrogens with one attached hydrogen (secondary N) is 1. The van der Waals surface area contributed by atoms with Gasteiger partial charge in [-0.3, -0.25) is 10.4 Å². The number of hydrogen-bond donors (Lipinski definition) is 1. The van der Waals surface area contributed by atoms with Gasteiger partial charge in [-0.2, -0.15) is 0 Å². The van der Waals surface area contributed by atoms with Crippen LogP contribution in [0, 0.1) is 19.3 Å². The molecule has 0 saturated heterocycles. The molecule has 4 aromatic rings. The molecule has 0 amide bonds. The Morgan fingerprint density at radius 1 is 0.968 bits per heavy atom. The fraction of sp³-hybridized carbons (Fsp3) is 0.292. The molecule has 0 aliphatic rings. The fourth-order valence-electron chi connectivity index (χ4n) is 3.91. The molecule has 0 atom stereocenters. The maximum atomic E-state index is 8.83. The van der Waals surface area contributed by atoms with E-state index in [0.29, 0.717) is 30.1 Å². The first-order chi connectivity index (χ1) is 15.0. The molecule has 160 valence electrons.